The van der Waals surface area contributed by atoms with E-state index in [0.717, 1.165) is 44.1 Å². The number of H-pyrrole nitrogens is 1. The Labute approximate surface area is 144 Å². The van der Waals surface area contributed by atoms with E-state index in [2.05, 4.69) is 26.6 Å². The molecule has 0 saturated carbocycles. The maximum Gasteiger partial charge on any atom is 0.179 e. The molecule has 0 aliphatic carbocycles. The van der Waals surface area contributed by atoms with Crippen LogP contribution in [-0.4, -0.2) is 25.7 Å². The summed E-state index contributed by atoms with van der Waals surface area (Å²) in [5, 5.41) is 11.7. The van der Waals surface area contributed by atoms with E-state index in [1.54, 1.807) is 18.0 Å². The fourth-order valence-electron chi connectivity index (χ4n) is 2.92. The Balaban J connectivity index is 1.84. The summed E-state index contributed by atoms with van der Waals surface area (Å²) in [6.45, 7) is 7.95. The summed E-state index contributed by atoms with van der Waals surface area (Å²) in [5.41, 5.74) is 4.66. The fourth-order valence-corrected chi connectivity index (χ4v) is 4.11. The van der Waals surface area contributed by atoms with E-state index in [4.69, 9.17) is 0 Å². The molecule has 0 atom stereocenters. The molecular formula is C18H18N4OS. The third kappa shape index (κ3) is 2.21. The Morgan fingerprint density at radius 2 is 2.04 bits per heavy atom. The second-order valence-corrected chi connectivity index (χ2v) is 8.28. The van der Waals surface area contributed by atoms with Crippen molar-refractivity contribution in [2.45, 2.75) is 37.3 Å². The normalized spacial score (nSPS) is 15.8. The lowest BCUT2D eigenvalue weighted by molar-refractivity contribution is 0.0961. The number of carbonyl (C=O) groups excluding carboxylic acids is 1. The Morgan fingerprint density at radius 3 is 2.75 bits per heavy atom. The van der Waals surface area contributed by atoms with Gasteiger partial charge in [0.15, 0.2) is 11.6 Å². The van der Waals surface area contributed by atoms with Crippen molar-refractivity contribution in [3.05, 3.63) is 41.2 Å². The second kappa shape index (κ2) is 5.08. The molecule has 1 aliphatic heterocycles. The van der Waals surface area contributed by atoms with E-state index >= 15 is 0 Å². The first-order valence-corrected chi connectivity index (χ1v) is 8.63. The zero-order chi connectivity index (χ0) is 17.1. The van der Waals surface area contributed by atoms with Gasteiger partial charge in [0.1, 0.15) is 0 Å². The molecule has 3 heterocycles. The number of nitrogens with zero attached hydrogens (tertiary/aromatic N) is 2. The van der Waals surface area contributed by atoms with Crippen molar-refractivity contribution in [1.82, 2.24) is 15.2 Å². The number of thioether (sulfide) groups is 1. The first-order chi connectivity index (χ1) is 11.4. The molecule has 24 heavy (non-hydrogen) atoms. The number of aromatic amines is 1. The number of anilines is 2. The van der Waals surface area contributed by atoms with E-state index in [0.29, 0.717) is 0 Å². The number of fused-ring (bicyclic) bond motifs is 2. The monoisotopic (exact) mass is 338 g/mol. The lowest BCUT2D eigenvalue weighted by atomic mass is 9.99. The van der Waals surface area contributed by atoms with Gasteiger partial charge < -0.3 is 5.32 Å². The average Bonchev–Trinajstić information content (AvgIpc) is 2.97. The first-order valence-electron chi connectivity index (χ1n) is 7.82. The van der Waals surface area contributed by atoms with E-state index in [1.165, 1.54) is 0 Å². The maximum atomic E-state index is 12.5. The SMILES string of the molecule is Cc1[nH]nc(Nc2ccnc3cc4c(cc23)SC(C)(C)C4=O)c1C. The highest BCUT2D eigenvalue weighted by molar-refractivity contribution is 8.02. The number of hydrogen-bond acceptors (Lipinski definition) is 5. The van der Waals surface area contributed by atoms with Gasteiger partial charge in [-0.3, -0.25) is 14.9 Å². The summed E-state index contributed by atoms with van der Waals surface area (Å²) in [4.78, 5) is 18.0. The predicted molar refractivity (Wildman–Crippen MR) is 97.4 cm³/mol. The van der Waals surface area contributed by atoms with Crippen LogP contribution in [0.15, 0.2) is 29.3 Å². The number of aromatic nitrogens is 3. The predicted octanol–water partition coefficient (Wildman–Crippen LogP) is 4.39. The molecule has 0 saturated heterocycles. The number of hydrogen-bond donors (Lipinski definition) is 2. The number of benzene rings is 1. The highest BCUT2D eigenvalue weighted by atomic mass is 32.2. The molecule has 3 aromatic rings. The third-order valence-electron chi connectivity index (χ3n) is 4.51. The molecule has 0 fully saturated rings. The van der Waals surface area contributed by atoms with Crippen LogP contribution >= 0.6 is 11.8 Å². The number of Topliss-reactive ketones (excluding diaryl/α,β-unsaturated/α-hetero) is 1. The lowest BCUT2D eigenvalue weighted by Gasteiger charge is -2.12. The Bertz CT molecular complexity index is 990. The average molecular weight is 338 g/mol. The van der Waals surface area contributed by atoms with Crippen molar-refractivity contribution in [3.63, 3.8) is 0 Å². The summed E-state index contributed by atoms with van der Waals surface area (Å²) < 4.78 is -0.413. The van der Waals surface area contributed by atoms with Crippen LogP contribution in [0, 0.1) is 13.8 Å². The van der Waals surface area contributed by atoms with Crippen molar-refractivity contribution in [2.24, 2.45) is 0 Å². The maximum absolute atomic E-state index is 12.5. The van der Waals surface area contributed by atoms with Gasteiger partial charge in [-0.25, -0.2) is 0 Å². The van der Waals surface area contributed by atoms with Gasteiger partial charge in [0, 0.05) is 33.3 Å². The van der Waals surface area contributed by atoms with Gasteiger partial charge >= 0.3 is 0 Å². The zero-order valence-electron chi connectivity index (χ0n) is 14.0. The number of rotatable bonds is 2. The van der Waals surface area contributed by atoms with Gasteiger partial charge in [0.05, 0.1) is 16.0 Å². The molecule has 0 spiro atoms. The molecule has 1 aliphatic rings. The summed E-state index contributed by atoms with van der Waals surface area (Å²) in [6, 6.07) is 5.90. The first kappa shape index (κ1) is 15.2. The second-order valence-electron chi connectivity index (χ2n) is 6.61. The number of pyridine rings is 1. The van der Waals surface area contributed by atoms with Crippen molar-refractivity contribution >= 4 is 40.0 Å². The van der Waals surface area contributed by atoms with Crippen molar-refractivity contribution in [2.75, 3.05) is 5.32 Å². The molecule has 122 valence electrons. The van der Waals surface area contributed by atoms with Gasteiger partial charge in [-0.15, -0.1) is 11.8 Å². The number of carbonyl (C=O) groups is 1. The van der Waals surface area contributed by atoms with Crippen LogP contribution in [-0.2, 0) is 0 Å². The van der Waals surface area contributed by atoms with E-state index in [9.17, 15) is 4.79 Å². The van der Waals surface area contributed by atoms with Crippen LogP contribution in [0.1, 0.15) is 35.5 Å². The van der Waals surface area contributed by atoms with Crippen LogP contribution in [0.4, 0.5) is 11.5 Å². The molecule has 4 rings (SSSR count). The molecule has 0 amide bonds. The largest absolute Gasteiger partial charge is 0.338 e. The summed E-state index contributed by atoms with van der Waals surface area (Å²) in [6.07, 6.45) is 1.75. The van der Waals surface area contributed by atoms with E-state index in [1.807, 2.05) is 39.8 Å². The molecule has 2 aromatic heterocycles. The highest BCUT2D eigenvalue weighted by Crippen LogP contribution is 2.46. The minimum atomic E-state index is -0.413. The standard InChI is InChI=1S/C18H18N4OS/c1-9-10(2)21-22-17(9)20-13-5-6-19-14-7-12-15(8-11(13)14)24-18(3,4)16(12)23/h5-8H,1-4H3,(H2,19,20,21,22). The van der Waals surface area contributed by atoms with E-state index < -0.39 is 4.75 Å². The van der Waals surface area contributed by atoms with Crippen molar-refractivity contribution in [1.29, 1.82) is 0 Å². The smallest absolute Gasteiger partial charge is 0.179 e. The molecule has 1 aromatic carbocycles. The van der Waals surface area contributed by atoms with Gasteiger partial charge in [-0.2, -0.15) is 5.10 Å². The highest BCUT2D eigenvalue weighted by Gasteiger charge is 2.38. The summed E-state index contributed by atoms with van der Waals surface area (Å²) >= 11 is 1.61. The molecule has 0 bridgehead atoms. The Morgan fingerprint density at radius 1 is 1.25 bits per heavy atom. The van der Waals surface area contributed by atoms with Crippen molar-refractivity contribution < 1.29 is 4.79 Å². The van der Waals surface area contributed by atoms with Gasteiger partial charge in [-0.1, -0.05) is 0 Å². The Kier molecular flexibility index (Phi) is 3.22. The summed E-state index contributed by atoms with van der Waals surface area (Å²) in [5.74, 6) is 0.980. The molecule has 2 N–H and O–H groups in total. The molecular weight excluding hydrogens is 320 g/mol. The molecule has 5 nitrogen and oxygen atoms in total. The molecule has 6 heteroatoms. The minimum absolute atomic E-state index is 0.170. The van der Waals surface area contributed by atoms with Gasteiger partial charge in [-0.05, 0) is 45.9 Å². The quantitative estimate of drug-likeness (QED) is 0.725. The van der Waals surface area contributed by atoms with Gasteiger partial charge in [0.25, 0.3) is 0 Å². The Hall–Kier alpha value is -2.34. The molecule has 0 radical (unpaired) electrons. The minimum Gasteiger partial charge on any atom is -0.338 e. The fraction of sp³-hybridized carbons (Fsp3) is 0.278. The number of nitrogens with one attached hydrogen (secondary N) is 2. The van der Waals surface area contributed by atoms with Crippen LogP contribution in [0.25, 0.3) is 10.9 Å². The van der Waals surface area contributed by atoms with Crippen LogP contribution in [0.5, 0.6) is 0 Å². The van der Waals surface area contributed by atoms with E-state index in [-0.39, 0.29) is 5.78 Å². The third-order valence-corrected chi connectivity index (χ3v) is 5.76. The summed E-state index contributed by atoms with van der Waals surface area (Å²) in [7, 11) is 0. The zero-order valence-corrected chi connectivity index (χ0v) is 14.8. The van der Waals surface area contributed by atoms with Gasteiger partial charge in [0.2, 0.25) is 0 Å². The molecule has 0 unspecified atom stereocenters. The van der Waals surface area contributed by atoms with Crippen LogP contribution < -0.4 is 5.32 Å². The lowest BCUT2D eigenvalue weighted by Crippen LogP contribution is -2.22. The van der Waals surface area contributed by atoms with Crippen LogP contribution in [0.3, 0.4) is 0 Å². The number of aryl methyl sites for hydroxylation is 1. The topological polar surface area (TPSA) is 70.7 Å². The van der Waals surface area contributed by atoms with Crippen molar-refractivity contribution in [3.8, 4) is 0 Å². The number of ketones is 1. The van der Waals surface area contributed by atoms with Crippen LogP contribution in [0.2, 0.25) is 0 Å².